The normalized spacial score (nSPS) is 10.3. The number of pyridine rings is 1. The van der Waals surface area contributed by atoms with E-state index in [1.165, 1.54) is 0 Å². The number of amides is 1. The van der Waals surface area contributed by atoms with E-state index in [9.17, 15) is 4.79 Å². The zero-order valence-corrected chi connectivity index (χ0v) is 11.8. The second kappa shape index (κ2) is 6.19. The molecule has 4 nitrogen and oxygen atoms in total. The van der Waals surface area contributed by atoms with E-state index in [1.807, 2.05) is 38.1 Å². The molecule has 1 heterocycles. The molecule has 0 bridgehead atoms. The molecule has 0 fully saturated rings. The van der Waals surface area contributed by atoms with Gasteiger partial charge in [0.25, 0.3) is 5.91 Å². The lowest BCUT2D eigenvalue weighted by Crippen LogP contribution is -2.32. The van der Waals surface area contributed by atoms with E-state index in [0.29, 0.717) is 17.9 Å². The van der Waals surface area contributed by atoms with Crippen LogP contribution in [0.5, 0.6) is 0 Å². The Kier molecular flexibility index (Phi) is 4.35. The van der Waals surface area contributed by atoms with Gasteiger partial charge >= 0.3 is 0 Å². The Morgan fingerprint density at radius 1 is 1.20 bits per heavy atom. The lowest BCUT2D eigenvalue weighted by atomic mass is 10.2. The van der Waals surface area contributed by atoms with Crippen molar-refractivity contribution in [3.8, 4) is 0 Å². The average Bonchev–Trinajstić information content (AvgIpc) is 2.45. The van der Waals surface area contributed by atoms with Crippen molar-refractivity contribution in [2.75, 3.05) is 17.2 Å². The van der Waals surface area contributed by atoms with Crippen LogP contribution in [0.2, 0.25) is 0 Å². The smallest absolute Gasteiger partial charge is 0.276 e. The summed E-state index contributed by atoms with van der Waals surface area (Å²) in [7, 11) is 0. The van der Waals surface area contributed by atoms with Crippen molar-refractivity contribution in [3.63, 3.8) is 0 Å². The van der Waals surface area contributed by atoms with E-state index in [0.717, 1.165) is 17.8 Å². The summed E-state index contributed by atoms with van der Waals surface area (Å²) in [6, 6.07) is 12.8. The van der Waals surface area contributed by atoms with E-state index in [-0.39, 0.29) is 5.91 Å². The van der Waals surface area contributed by atoms with Crippen LogP contribution in [-0.2, 0) is 0 Å². The number of anilines is 2. The van der Waals surface area contributed by atoms with E-state index in [2.05, 4.69) is 4.98 Å². The van der Waals surface area contributed by atoms with Gasteiger partial charge in [0.05, 0.1) is 0 Å². The third kappa shape index (κ3) is 3.15. The first kappa shape index (κ1) is 14.1. The number of nitrogen functional groups attached to an aromatic ring is 1. The maximum absolute atomic E-state index is 12.6. The molecule has 1 amide bonds. The number of nitrogens with zero attached hydrogens (tertiary/aromatic N) is 2. The van der Waals surface area contributed by atoms with Crippen LogP contribution in [-0.4, -0.2) is 17.4 Å². The van der Waals surface area contributed by atoms with Crippen molar-refractivity contribution >= 4 is 17.3 Å². The Morgan fingerprint density at radius 2 is 1.90 bits per heavy atom. The van der Waals surface area contributed by atoms with Gasteiger partial charge in [0.1, 0.15) is 5.69 Å². The fourth-order valence-corrected chi connectivity index (χ4v) is 2.03. The van der Waals surface area contributed by atoms with Gasteiger partial charge in [0.15, 0.2) is 0 Å². The Labute approximate surface area is 119 Å². The number of aromatic nitrogens is 1. The van der Waals surface area contributed by atoms with Crippen LogP contribution >= 0.6 is 0 Å². The predicted octanol–water partition coefficient (Wildman–Crippen LogP) is 3.03. The van der Waals surface area contributed by atoms with Crippen LogP contribution in [0.25, 0.3) is 0 Å². The van der Waals surface area contributed by atoms with Crippen molar-refractivity contribution < 1.29 is 4.79 Å². The summed E-state index contributed by atoms with van der Waals surface area (Å²) in [6.45, 7) is 4.57. The highest BCUT2D eigenvalue weighted by Crippen LogP contribution is 2.19. The number of rotatable bonds is 4. The second-order valence-electron chi connectivity index (χ2n) is 4.71. The Hall–Kier alpha value is -2.36. The van der Waals surface area contributed by atoms with E-state index in [4.69, 9.17) is 5.73 Å². The quantitative estimate of drug-likeness (QED) is 0.868. The second-order valence-corrected chi connectivity index (χ2v) is 4.71. The molecule has 0 saturated heterocycles. The van der Waals surface area contributed by atoms with E-state index in [1.54, 1.807) is 23.1 Å². The van der Waals surface area contributed by atoms with E-state index < -0.39 is 0 Å². The molecule has 0 aliphatic carbocycles. The molecule has 4 heteroatoms. The summed E-state index contributed by atoms with van der Waals surface area (Å²) in [6.07, 6.45) is 0.877. The molecule has 0 radical (unpaired) electrons. The largest absolute Gasteiger partial charge is 0.399 e. The van der Waals surface area contributed by atoms with Gasteiger partial charge in [-0.05, 0) is 49.7 Å². The predicted molar refractivity (Wildman–Crippen MR) is 81.8 cm³/mol. The van der Waals surface area contributed by atoms with Gasteiger partial charge in [0, 0.05) is 23.6 Å². The maximum atomic E-state index is 12.6. The molecule has 20 heavy (non-hydrogen) atoms. The molecule has 1 aromatic carbocycles. The van der Waals surface area contributed by atoms with Crippen molar-refractivity contribution in [2.45, 2.75) is 20.3 Å². The molecule has 0 atom stereocenters. The lowest BCUT2D eigenvalue weighted by molar-refractivity contribution is 0.0982. The summed E-state index contributed by atoms with van der Waals surface area (Å²) in [5.74, 6) is -0.0830. The van der Waals surface area contributed by atoms with Crippen LogP contribution < -0.4 is 10.6 Å². The van der Waals surface area contributed by atoms with E-state index >= 15 is 0 Å². The number of carbonyl (C=O) groups excluding carboxylic acids is 1. The van der Waals surface area contributed by atoms with Crippen LogP contribution in [0.3, 0.4) is 0 Å². The topological polar surface area (TPSA) is 59.2 Å². The third-order valence-corrected chi connectivity index (χ3v) is 3.00. The maximum Gasteiger partial charge on any atom is 0.276 e. The summed E-state index contributed by atoms with van der Waals surface area (Å²) in [5, 5.41) is 0. The molecular formula is C16H19N3O. The van der Waals surface area contributed by atoms with Crippen LogP contribution in [0.15, 0.2) is 42.5 Å². The van der Waals surface area contributed by atoms with Gasteiger partial charge in [-0.3, -0.25) is 4.79 Å². The number of nitrogens with two attached hydrogens (primary N) is 1. The monoisotopic (exact) mass is 269 g/mol. The SMILES string of the molecule is CCCN(C(=O)c1cccc(C)n1)c1ccc(N)cc1. The highest BCUT2D eigenvalue weighted by molar-refractivity contribution is 6.04. The van der Waals surface area contributed by atoms with Gasteiger partial charge < -0.3 is 10.6 Å². The molecule has 104 valence electrons. The zero-order chi connectivity index (χ0) is 14.5. The summed E-state index contributed by atoms with van der Waals surface area (Å²) >= 11 is 0. The highest BCUT2D eigenvalue weighted by Gasteiger charge is 2.18. The first-order valence-electron chi connectivity index (χ1n) is 6.73. The summed E-state index contributed by atoms with van der Waals surface area (Å²) < 4.78 is 0. The van der Waals surface area contributed by atoms with Gasteiger partial charge in [0.2, 0.25) is 0 Å². The molecule has 0 aliphatic heterocycles. The number of carbonyl (C=O) groups is 1. The molecule has 1 aromatic heterocycles. The molecule has 0 spiro atoms. The van der Waals surface area contributed by atoms with Crippen LogP contribution in [0.4, 0.5) is 11.4 Å². The summed E-state index contributed by atoms with van der Waals surface area (Å²) in [5.41, 5.74) is 8.53. The Morgan fingerprint density at radius 3 is 2.50 bits per heavy atom. The first-order chi connectivity index (χ1) is 9.61. The van der Waals surface area contributed by atoms with Gasteiger partial charge in [-0.1, -0.05) is 13.0 Å². The number of aryl methyl sites for hydroxylation is 1. The Balaban J connectivity index is 2.33. The minimum absolute atomic E-state index is 0.0830. The standard InChI is InChI=1S/C16H19N3O/c1-3-11-19(14-9-7-13(17)8-10-14)16(20)15-6-4-5-12(2)18-15/h4-10H,3,11,17H2,1-2H3. The fraction of sp³-hybridized carbons (Fsp3) is 0.250. The van der Waals surface area contributed by atoms with Gasteiger partial charge in [-0.15, -0.1) is 0 Å². The molecule has 2 N–H and O–H groups in total. The Bertz CT molecular complexity index is 593. The van der Waals surface area contributed by atoms with Crippen molar-refractivity contribution in [2.24, 2.45) is 0 Å². The molecule has 0 saturated carbocycles. The molecule has 0 unspecified atom stereocenters. The third-order valence-electron chi connectivity index (χ3n) is 3.00. The van der Waals surface area contributed by atoms with Crippen LogP contribution in [0.1, 0.15) is 29.5 Å². The zero-order valence-electron chi connectivity index (χ0n) is 11.8. The number of hydrogen-bond donors (Lipinski definition) is 1. The minimum Gasteiger partial charge on any atom is -0.399 e. The molecular weight excluding hydrogens is 250 g/mol. The average molecular weight is 269 g/mol. The van der Waals surface area contributed by atoms with Crippen molar-refractivity contribution in [1.82, 2.24) is 4.98 Å². The highest BCUT2D eigenvalue weighted by atomic mass is 16.2. The van der Waals surface area contributed by atoms with Gasteiger partial charge in [-0.2, -0.15) is 0 Å². The molecule has 0 aliphatic rings. The lowest BCUT2D eigenvalue weighted by Gasteiger charge is -2.22. The summed E-state index contributed by atoms with van der Waals surface area (Å²) in [4.78, 5) is 18.6. The minimum atomic E-state index is -0.0830. The fourth-order valence-electron chi connectivity index (χ4n) is 2.03. The molecule has 2 rings (SSSR count). The first-order valence-corrected chi connectivity index (χ1v) is 6.73. The number of benzene rings is 1. The number of hydrogen-bond acceptors (Lipinski definition) is 3. The molecule has 2 aromatic rings. The van der Waals surface area contributed by atoms with Crippen molar-refractivity contribution in [1.29, 1.82) is 0 Å². The van der Waals surface area contributed by atoms with Crippen molar-refractivity contribution in [3.05, 3.63) is 53.9 Å². The van der Waals surface area contributed by atoms with Crippen LogP contribution in [0, 0.1) is 6.92 Å². The van der Waals surface area contributed by atoms with Gasteiger partial charge in [-0.25, -0.2) is 4.98 Å².